The van der Waals surface area contributed by atoms with E-state index in [1.54, 1.807) is 17.0 Å². The number of amides is 2. The van der Waals surface area contributed by atoms with E-state index in [4.69, 9.17) is 4.74 Å². The van der Waals surface area contributed by atoms with Crippen LogP contribution in [0.1, 0.15) is 28.2 Å². The molecule has 1 N–H and O–H groups in total. The second kappa shape index (κ2) is 9.74. The Kier molecular flexibility index (Phi) is 6.60. The maximum atomic E-state index is 12.8. The van der Waals surface area contributed by atoms with Crippen LogP contribution in [0.3, 0.4) is 0 Å². The van der Waals surface area contributed by atoms with Gasteiger partial charge in [0, 0.05) is 23.4 Å². The van der Waals surface area contributed by atoms with E-state index in [1.165, 1.54) is 36.0 Å². The van der Waals surface area contributed by atoms with Gasteiger partial charge in [-0.05, 0) is 42.8 Å². The van der Waals surface area contributed by atoms with E-state index in [0.717, 1.165) is 5.56 Å². The van der Waals surface area contributed by atoms with Gasteiger partial charge < -0.3 is 10.1 Å². The maximum absolute atomic E-state index is 12.8. The summed E-state index contributed by atoms with van der Waals surface area (Å²) in [5.74, 6) is 0.485. The number of nitro benzene ring substituents is 1. The average molecular weight is 464 g/mol. The van der Waals surface area contributed by atoms with Crippen molar-refractivity contribution < 1.29 is 19.2 Å². The first-order chi connectivity index (χ1) is 16.0. The molecule has 1 atom stereocenters. The van der Waals surface area contributed by atoms with Crippen molar-refractivity contribution in [3.8, 4) is 5.75 Å². The van der Waals surface area contributed by atoms with Crippen LogP contribution >= 0.6 is 11.8 Å². The molecule has 9 heteroatoms. The molecule has 33 heavy (non-hydrogen) atoms. The summed E-state index contributed by atoms with van der Waals surface area (Å²) >= 11 is 1.50. The Morgan fingerprint density at radius 3 is 2.73 bits per heavy atom. The van der Waals surface area contributed by atoms with Crippen LogP contribution in [0.25, 0.3) is 0 Å². The normalized spacial score (nSPS) is 15.4. The van der Waals surface area contributed by atoms with Crippen molar-refractivity contribution in [3.05, 3.63) is 94.0 Å². The van der Waals surface area contributed by atoms with E-state index in [0.29, 0.717) is 29.5 Å². The number of ether oxygens (including phenoxy) is 1. The molecule has 1 aliphatic rings. The van der Waals surface area contributed by atoms with Gasteiger partial charge in [-0.25, -0.2) is 0 Å². The zero-order chi connectivity index (χ0) is 23.4. The van der Waals surface area contributed by atoms with Crippen LogP contribution in [-0.2, 0) is 4.79 Å². The van der Waals surface area contributed by atoms with Gasteiger partial charge >= 0.3 is 0 Å². The van der Waals surface area contributed by atoms with E-state index in [-0.39, 0.29) is 22.5 Å². The summed E-state index contributed by atoms with van der Waals surface area (Å²) in [5, 5.41) is 13.5. The molecule has 2 amide bonds. The predicted octanol–water partition coefficient (Wildman–Crippen LogP) is 5.02. The van der Waals surface area contributed by atoms with Gasteiger partial charge in [-0.2, -0.15) is 0 Å². The molecular weight excluding hydrogens is 442 g/mol. The van der Waals surface area contributed by atoms with Crippen molar-refractivity contribution in [2.45, 2.75) is 12.3 Å². The maximum Gasteiger partial charge on any atom is 0.270 e. The summed E-state index contributed by atoms with van der Waals surface area (Å²) < 4.78 is 5.73. The Labute approximate surface area is 194 Å². The smallest absolute Gasteiger partial charge is 0.270 e. The number of rotatable bonds is 7. The van der Waals surface area contributed by atoms with Gasteiger partial charge in [0.15, 0.2) is 0 Å². The molecule has 0 bridgehead atoms. The third-order valence-corrected chi connectivity index (χ3v) is 6.25. The van der Waals surface area contributed by atoms with Gasteiger partial charge in [0.2, 0.25) is 5.91 Å². The van der Waals surface area contributed by atoms with E-state index in [2.05, 4.69) is 5.32 Å². The van der Waals surface area contributed by atoms with E-state index in [1.807, 2.05) is 43.3 Å². The number of nitrogens with one attached hydrogen (secondary N) is 1. The molecule has 1 fully saturated rings. The Bertz CT molecular complexity index is 1220. The summed E-state index contributed by atoms with van der Waals surface area (Å²) in [4.78, 5) is 37.6. The van der Waals surface area contributed by atoms with E-state index >= 15 is 0 Å². The van der Waals surface area contributed by atoms with Crippen molar-refractivity contribution in [1.29, 1.82) is 0 Å². The van der Waals surface area contributed by atoms with Gasteiger partial charge in [0.05, 0.1) is 23.0 Å². The Morgan fingerprint density at radius 1 is 1.15 bits per heavy atom. The van der Waals surface area contributed by atoms with Crippen LogP contribution in [0.2, 0.25) is 0 Å². The van der Waals surface area contributed by atoms with Crippen molar-refractivity contribution in [1.82, 2.24) is 0 Å². The minimum Gasteiger partial charge on any atom is -0.492 e. The second-order valence-corrected chi connectivity index (χ2v) is 8.28. The number of nitro groups is 1. The van der Waals surface area contributed by atoms with Crippen LogP contribution in [-0.4, -0.2) is 29.1 Å². The molecule has 0 aromatic heterocycles. The van der Waals surface area contributed by atoms with Crippen molar-refractivity contribution in [3.63, 3.8) is 0 Å². The summed E-state index contributed by atoms with van der Waals surface area (Å²) in [6.45, 7) is 2.37. The molecule has 168 valence electrons. The Hall–Kier alpha value is -3.85. The van der Waals surface area contributed by atoms with Gasteiger partial charge in [-0.1, -0.05) is 30.3 Å². The van der Waals surface area contributed by atoms with Gasteiger partial charge in [-0.3, -0.25) is 24.6 Å². The number of benzene rings is 3. The fraction of sp³-hybridized carbons (Fsp3) is 0.167. The van der Waals surface area contributed by atoms with Gasteiger partial charge in [0.25, 0.3) is 11.6 Å². The second-order valence-electron chi connectivity index (χ2n) is 7.21. The SMILES string of the molecule is CCOc1ccccc1N1C(=O)CS[C@H]1c1cccc(NC(=O)c2cccc([N+](=O)[O-])c2)c1. The minimum absolute atomic E-state index is 0.0248. The summed E-state index contributed by atoms with van der Waals surface area (Å²) in [7, 11) is 0. The average Bonchev–Trinajstić information content (AvgIpc) is 3.21. The third-order valence-electron chi connectivity index (χ3n) is 5.04. The molecule has 8 nitrogen and oxygen atoms in total. The monoisotopic (exact) mass is 463 g/mol. The minimum atomic E-state index is -0.541. The lowest BCUT2D eigenvalue weighted by atomic mass is 10.1. The number of carbonyl (C=O) groups is 2. The van der Waals surface area contributed by atoms with Crippen LogP contribution < -0.4 is 15.0 Å². The first kappa shape index (κ1) is 22.3. The molecule has 1 heterocycles. The van der Waals surface area contributed by atoms with Crippen molar-refractivity contribution in [2.75, 3.05) is 22.6 Å². The highest BCUT2D eigenvalue weighted by molar-refractivity contribution is 8.00. The Morgan fingerprint density at radius 2 is 1.94 bits per heavy atom. The molecule has 0 unspecified atom stereocenters. The summed E-state index contributed by atoms with van der Waals surface area (Å²) in [5.41, 5.74) is 2.11. The standard InChI is InChI=1S/C24H21N3O5S/c1-2-32-21-12-4-3-11-20(21)26-22(28)15-33-24(26)17-8-5-9-18(13-17)25-23(29)16-7-6-10-19(14-16)27(30)31/h3-14,24H,2,15H2,1H3,(H,25,29)/t24-/m0/s1. The van der Waals surface area contributed by atoms with Gasteiger partial charge in [0.1, 0.15) is 11.1 Å². The number of anilines is 2. The van der Waals surface area contributed by atoms with Crippen LogP contribution in [0.4, 0.5) is 17.1 Å². The van der Waals surface area contributed by atoms with Crippen molar-refractivity contribution >= 4 is 40.6 Å². The molecule has 1 saturated heterocycles. The van der Waals surface area contributed by atoms with Crippen LogP contribution in [0.5, 0.6) is 5.75 Å². The highest BCUT2D eigenvalue weighted by Gasteiger charge is 2.35. The summed E-state index contributed by atoms with van der Waals surface area (Å²) in [6.07, 6.45) is 0. The summed E-state index contributed by atoms with van der Waals surface area (Å²) in [6, 6.07) is 20.2. The number of thioether (sulfide) groups is 1. The van der Waals surface area contributed by atoms with E-state index in [9.17, 15) is 19.7 Å². The number of para-hydroxylation sites is 2. The number of hydrogen-bond donors (Lipinski definition) is 1. The third kappa shape index (κ3) is 4.83. The lowest BCUT2D eigenvalue weighted by molar-refractivity contribution is -0.384. The molecule has 0 aliphatic carbocycles. The predicted molar refractivity (Wildman–Crippen MR) is 128 cm³/mol. The van der Waals surface area contributed by atoms with Crippen LogP contribution in [0, 0.1) is 10.1 Å². The molecule has 0 radical (unpaired) electrons. The number of carbonyl (C=O) groups excluding carboxylic acids is 2. The number of non-ortho nitro benzene ring substituents is 1. The van der Waals surface area contributed by atoms with Crippen molar-refractivity contribution in [2.24, 2.45) is 0 Å². The molecule has 4 rings (SSSR count). The molecule has 0 spiro atoms. The lowest BCUT2D eigenvalue weighted by Gasteiger charge is -2.26. The largest absolute Gasteiger partial charge is 0.492 e. The number of nitrogens with zero attached hydrogens (tertiary/aromatic N) is 2. The molecule has 3 aromatic rings. The molecular formula is C24H21N3O5S. The first-order valence-corrected chi connectivity index (χ1v) is 11.3. The number of hydrogen-bond acceptors (Lipinski definition) is 6. The quantitative estimate of drug-likeness (QED) is 0.390. The van der Waals surface area contributed by atoms with Crippen LogP contribution in [0.15, 0.2) is 72.8 Å². The zero-order valence-electron chi connectivity index (χ0n) is 17.8. The fourth-order valence-electron chi connectivity index (χ4n) is 3.60. The molecule has 1 aliphatic heterocycles. The highest BCUT2D eigenvalue weighted by atomic mass is 32.2. The van der Waals surface area contributed by atoms with E-state index < -0.39 is 10.8 Å². The zero-order valence-corrected chi connectivity index (χ0v) is 18.6. The molecule has 0 saturated carbocycles. The fourth-order valence-corrected chi connectivity index (χ4v) is 4.76. The molecule has 3 aromatic carbocycles. The lowest BCUT2D eigenvalue weighted by Crippen LogP contribution is -2.28. The van der Waals surface area contributed by atoms with Gasteiger partial charge in [-0.15, -0.1) is 11.8 Å². The topological polar surface area (TPSA) is 102 Å². The highest BCUT2D eigenvalue weighted by Crippen LogP contribution is 2.45. The Balaban J connectivity index is 1.59. The first-order valence-electron chi connectivity index (χ1n) is 10.3.